The van der Waals surface area contributed by atoms with E-state index in [9.17, 15) is 4.79 Å². The summed E-state index contributed by atoms with van der Waals surface area (Å²) in [4.78, 5) is 22.9. The van der Waals surface area contributed by atoms with Crippen molar-refractivity contribution in [3.8, 4) is 0 Å². The molecule has 1 unspecified atom stereocenters. The smallest absolute Gasteiger partial charge is 0.259 e. The molecule has 2 heterocycles. The highest BCUT2D eigenvalue weighted by Crippen LogP contribution is 2.29. The van der Waals surface area contributed by atoms with Crippen LogP contribution in [0, 0.1) is 5.92 Å². The molecule has 0 spiro atoms. The van der Waals surface area contributed by atoms with E-state index in [4.69, 9.17) is 4.99 Å². The fraction of sp³-hybridized carbons (Fsp3) is 0.333. The number of piperidine rings is 1. The summed E-state index contributed by atoms with van der Waals surface area (Å²) in [7, 11) is 0. The number of carbonyl (C=O) groups is 1. The average molecular weight is 452 g/mol. The minimum Gasteiger partial charge on any atom is -0.342 e. The lowest BCUT2D eigenvalue weighted by Crippen LogP contribution is -2.48. The van der Waals surface area contributed by atoms with E-state index in [0.717, 1.165) is 56.0 Å². The number of benzene rings is 3. The van der Waals surface area contributed by atoms with Gasteiger partial charge in [0.05, 0.1) is 5.69 Å². The van der Waals surface area contributed by atoms with Crippen molar-refractivity contribution >= 4 is 17.6 Å². The highest BCUT2D eigenvalue weighted by molar-refractivity contribution is 6.22. The van der Waals surface area contributed by atoms with E-state index >= 15 is 0 Å². The molecule has 5 rings (SSSR count). The Hall–Kier alpha value is -3.40. The molecule has 1 amide bonds. The molecule has 0 aromatic heterocycles. The Morgan fingerprint density at radius 2 is 1.41 bits per heavy atom. The monoisotopic (exact) mass is 451 g/mol. The zero-order valence-electron chi connectivity index (χ0n) is 19.9. The largest absolute Gasteiger partial charge is 0.342 e. The molecule has 3 aromatic carbocycles. The zero-order valence-corrected chi connectivity index (χ0v) is 19.9. The number of carbonyl (C=O) groups excluding carboxylic acids is 1. The summed E-state index contributed by atoms with van der Waals surface area (Å²) in [6.07, 6.45) is 4.94. The number of aryl methyl sites for hydroxylation is 1. The number of rotatable bonds is 6. The third kappa shape index (κ3) is 4.91. The second kappa shape index (κ2) is 10.3. The molecule has 4 nitrogen and oxygen atoms in total. The van der Waals surface area contributed by atoms with Gasteiger partial charge in [0.25, 0.3) is 5.91 Å². The van der Waals surface area contributed by atoms with Gasteiger partial charge in [-0.3, -0.25) is 4.79 Å². The van der Waals surface area contributed by atoms with Crippen LogP contribution in [0.15, 0.2) is 89.9 Å². The third-order valence-electron chi connectivity index (χ3n) is 7.09. The van der Waals surface area contributed by atoms with Gasteiger partial charge in [-0.15, -0.1) is 0 Å². The van der Waals surface area contributed by atoms with E-state index in [-0.39, 0.29) is 11.9 Å². The van der Waals surface area contributed by atoms with Gasteiger partial charge in [-0.05, 0) is 60.4 Å². The maximum Gasteiger partial charge on any atom is 0.259 e. The molecule has 0 saturated carbocycles. The molecule has 1 fully saturated rings. The molecule has 0 N–H and O–H groups in total. The molecule has 3 aromatic rings. The fourth-order valence-corrected chi connectivity index (χ4v) is 5.14. The van der Waals surface area contributed by atoms with E-state index in [0.29, 0.717) is 12.3 Å². The Morgan fingerprint density at radius 1 is 0.794 bits per heavy atom. The Labute approximate surface area is 202 Å². The summed E-state index contributed by atoms with van der Waals surface area (Å²) in [6, 6.07) is 29.0. The molecule has 0 bridgehead atoms. The normalized spacial score (nSPS) is 18.9. The van der Waals surface area contributed by atoms with Crippen LogP contribution in [0.2, 0.25) is 0 Å². The Morgan fingerprint density at radius 3 is 2.06 bits per heavy atom. The highest BCUT2D eigenvalue weighted by atomic mass is 16.2. The molecular weight excluding hydrogens is 418 g/mol. The number of hydrogen-bond acceptors (Lipinski definition) is 3. The van der Waals surface area contributed by atoms with Crippen molar-refractivity contribution in [2.45, 2.75) is 45.1 Å². The van der Waals surface area contributed by atoms with Crippen LogP contribution in [0.1, 0.15) is 36.5 Å². The number of likely N-dealkylation sites (tertiary alicyclic amines) is 1. The van der Waals surface area contributed by atoms with Crippen LogP contribution in [0.3, 0.4) is 0 Å². The van der Waals surface area contributed by atoms with Crippen molar-refractivity contribution in [2.24, 2.45) is 10.9 Å². The SMILES string of the molecule is CCc1cccc(N2C(=O)C(Cc3ccccc3)N=C2N2CCC(Cc3ccccc3)CC2)c1. The molecule has 34 heavy (non-hydrogen) atoms. The molecule has 1 saturated heterocycles. The van der Waals surface area contributed by atoms with Gasteiger partial charge in [-0.25, -0.2) is 9.89 Å². The van der Waals surface area contributed by atoms with E-state index in [2.05, 4.69) is 72.5 Å². The van der Waals surface area contributed by atoms with Crippen LogP contribution in [-0.2, 0) is 24.1 Å². The van der Waals surface area contributed by atoms with Crippen molar-refractivity contribution in [2.75, 3.05) is 18.0 Å². The minimum atomic E-state index is -0.371. The Bertz CT molecular complexity index is 1130. The predicted molar refractivity (Wildman–Crippen MR) is 139 cm³/mol. The van der Waals surface area contributed by atoms with E-state index in [1.54, 1.807) is 0 Å². The summed E-state index contributed by atoms with van der Waals surface area (Å²) in [5.74, 6) is 1.59. The summed E-state index contributed by atoms with van der Waals surface area (Å²) in [5, 5.41) is 0. The lowest BCUT2D eigenvalue weighted by atomic mass is 9.90. The maximum atomic E-state index is 13.7. The van der Waals surface area contributed by atoms with E-state index in [1.165, 1.54) is 11.1 Å². The van der Waals surface area contributed by atoms with Gasteiger partial charge in [-0.2, -0.15) is 0 Å². The van der Waals surface area contributed by atoms with Gasteiger partial charge in [-0.1, -0.05) is 79.7 Å². The van der Waals surface area contributed by atoms with E-state index in [1.807, 2.05) is 29.2 Å². The highest BCUT2D eigenvalue weighted by Gasteiger charge is 2.39. The minimum absolute atomic E-state index is 0.0820. The summed E-state index contributed by atoms with van der Waals surface area (Å²) >= 11 is 0. The first-order valence-corrected chi connectivity index (χ1v) is 12.5. The number of guanidine groups is 1. The molecule has 0 radical (unpaired) electrons. The van der Waals surface area contributed by atoms with Gasteiger partial charge in [0.1, 0.15) is 6.04 Å². The molecular formula is C30H33N3O. The molecule has 4 heteroatoms. The van der Waals surface area contributed by atoms with Crippen molar-refractivity contribution in [1.29, 1.82) is 0 Å². The second-order valence-corrected chi connectivity index (χ2v) is 9.45. The van der Waals surface area contributed by atoms with Crippen molar-refractivity contribution < 1.29 is 4.79 Å². The summed E-state index contributed by atoms with van der Waals surface area (Å²) in [5.41, 5.74) is 4.73. The lowest BCUT2D eigenvalue weighted by molar-refractivity contribution is -0.118. The average Bonchev–Trinajstić information content (AvgIpc) is 3.21. The van der Waals surface area contributed by atoms with Crippen LogP contribution in [0.5, 0.6) is 0 Å². The van der Waals surface area contributed by atoms with Crippen LogP contribution < -0.4 is 4.90 Å². The predicted octanol–water partition coefficient (Wildman–Crippen LogP) is 5.52. The van der Waals surface area contributed by atoms with E-state index < -0.39 is 0 Å². The van der Waals surface area contributed by atoms with Gasteiger partial charge in [0.15, 0.2) is 0 Å². The summed E-state index contributed by atoms with van der Waals surface area (Å²) in [6.45, 7) is 4.02. The Balaban J connectivity index is 1.36. The lowest BCUT2D eigenvalue weighted by Gasteiger charge is -2.36. The van der Waals surface area contributed by atoms with Crippen molar-refractivity contribution in [1.82, 2.24) is 4.90 Å². The number of amides is 1. The van der Waals surface area contributed by atoms with Crippen molar-refractivity contribution in [3.05, 3.63) is 102 Å². The van der Waals surface area contributed by atoms with Crippen LogP contribution in [-0.4, -0.2) is 35.9 Å². The molecule has 2 aliphatic heterocycles. The first kappa shape index (κ1) is 22.4. The number of nitrogens with zero attached hydrogens (tertiary/aromatic N) is 3. The first-order valence-electron chi connectivity index (χ1n) is 12.5. The fourth-order valence-electron chi connectivity index (χ4n) is 5.14. The number of hydrogen-bond donors (Lipinski definition) is 0. The van der Waals surface area contributed by atoms with Gasteiger partial charge in [0, 0.05) is 19.5 Å². The van der Waals surface area contributed by atoms with Gasteiger partial charge >= 0.3 is 0 Å². The Kier molecular flexibility index (Phi) is 6.75. The van der Waals surface area contributed by atoms with Gasteiger partial charge in [0.2, 0.25) is 5.96 Å². The van der Waals surface area contributed by atoms with Crippen LogP contribution >= 0.6 is 0 Å². The topological polar surface area (TPSA) is 35.9 Å². The van der Waals surface area contributed by atoms with Crippen LogP contribution in [0.4, 0.5) is 5.69 Å². The second-order valence-electron chi connectivity index (χ2n) is 9.45. The molecule has 1 atom stereocenters. The molecule has 2 aliphatic rings. The number of anilines is 1. The standard InChI is InChI=1S/C30H33N3O/c1-2-23-14-9-15-27(21-23)33-29(34)28(22-25-12-7-4-8-13-25)31-30(33)32-18-16-26(17-19-32)20-24-10-5-3-6-11-24/h3-15,21,26,28H,2,16-20,22H2,1H3. The molecule has 174 valence electrons. The van der Waals surface area contributed by atoms with Crippen LogP contribution in [0.25, 0.3) is 0 Å². The maximum absolute atomic E-state index is 13.7. The quantitative estimate of drug-likeness (QED) is 0.495. The van der Waals surface area contributed by atoms with Gasteiger partial charge < -0.3 is 4.90 Å². The third-order valence-corrected chi connectivity index (χ3v) is 7.09. The first-order chi connectivity index (χ1) is 16.7. The zero-order chi connectivity index (χ0) is 23.3. The van der Waals surface area contributed by atoms with Crippen molar-refractivity contribution in [3.63, 3.8) is 0 Å². The molecule has 0 aliphatic carbocycles. The summed E-state index contributed by atoms with van der Waals surface area (Å²) < 4.78 is 0. The number of aliphatic imine (C=N–C) groups is 1.